The van der Waals surface area contributed by atoms with Crippen LogP contribution in [0.25, 0.3) is 0 Å². The fourth-order valence-electron chi connectivity index (χ4n) is 4.38. The second kappa shape index (κ2) is 14.1. The summed E-state index contributed by atoms with van der Waals surface area (Å²) in [6, 6.07) is 13.8. The molecular formula is C30H32Cl2N2O6S. The molecule has 1 aliphatic rings. The smallest absolute Gasteiger partial charge is 0.347 e. The van der Waals surface area contributed by atoms with Gasteiger partial charge in [-0.1, -0.05) is 54.4 Å². The SMILES string of the molecule is CC1CCc2c(sc(NC(=O)C(C)Oc3ccccc3Cl)c2C(=O)NCCOC(=O)C(C)Oc2ccccc2Cl)C1. The number of para-hydroxylation sites is 2. The van der Waals surface area contributed by atoms with Crippen LogP contribution in [-0.2, 0) is 27.2 Å². The van der Waals surface area contributed by atoms with Gasteiger partial charge in [-0.2, -0.15) is 0 Å². The van der Waals surface area contributed by atoms with Crippen LogP contribution in [-0.4, -0.2) is 43.1 Å². The highest BCUT2D eigenvalue weighted by Crippen LogP contribution is 2.40. The van der Waals surface area contributed by atoms with Crippen molar-refractivity contribution in [2.45, 2.75) is 52.2 Å². The van der Waals surface area contributed by atoms with Gasteiger partial charge in [-0.3, -0.25) is 9.59 Å². The minimum absolute atomic E-state index is 0.0471. The number of benzene rings is 2. The molecule has 0 spiro atoms. The van der Waals surface area contributed by atoms with E-state index in [0.29, 0.717) is 38.0 Å². The minimum Gasteiger partial charge on any atom is -0.479 e. The molecule has 2 aromatic carbocycles. The summed E-state index contributed by atoms with van der Waals surface area (Å²) in [5, 5.41) is 6.97. The molecule has 1 aromatic heterocycles. The summed E-state index contributed by atoms with van der Waals surface area (Å²) in [4.78, 5) is 39.9. The summed E-state index contributed by atoms with van der Waals surface area (Å²) < 4.78 is 16.6. The molecule has 4 rings (SSSR count). The van der Waals surface area contributed by atoms with Crippen molar-refractivity contribution < 1.29 is 28.6 Å². The maximum Gasteiger partial charge on any atom is 0.347 e. The summed E-state index contributed by atoms with van der Waals surface area (Å²) in [6.07, 6.45) is 0.794. The third kappa shape index (κ3) is 7.93. The van der Waals surface area contributed by atoms with Gasteiger partial charge >= 0.3 is 5.97 Å². The quantitative estimate of drug-likeness (QED) is 0.192. The van der Waals surface area contributed by atoms with E-state index in [1.807, 2.05) is 0 Å². The van der Waals surface area contributed by atoms with Crippen LogP contribution >= 0.6 is 34.5 Å². The number of ether oxygens (including phenoxy) is 3. The van der Waals surface area contributed by atoms with Crippen LogP contribution in [0, 0.1) is 5.92 Å². The lowest BCUT2D eigenvalue weighted by molar-refractivity contribution is -0.150. The van der Waals surface area contributed by atoms with Gasteiger partial charge in [0.25, 0.3) is 11.8 Å². The molecule has 0 saturated carbocycles. The average molecular weight is 620 g/mol. The number of carbonyl (C=O) groups excluding carboxylic acids is 3. The number of thiophene rings is 1. The van der Waals surface area contributed by atoms with E-state index in [2.05, 4.69) is 17.6 Å². The fourth-order valence-corrected chi connectivity index (χ4v) is 6.15. The van der Waals surface area contributed by atoms with Crippen LogP contribution in [0.15, 0.2) is 48.5 Å². The molecule has 0 fully saturated rings. The van der Waals surface area contributed by atoms with E-state index >= 15 is 0 Å². The largest absolute Gasteiger partial charge is 0.479 e. The van der Waals surface area contributed by atoms with Gasteiger partial charge in [0.05, 0.1) is 22.2 Å². The molecule has 3 aromatic rings. The third-order valence-electron chi connectivity index (χ3n) is 6.59. The number of esters is 1. The summed E-state index contributed by atoms with van der Waals surface area (Å²) in [5.41, 5.74) is 1.39. The lowest BCUT2D eigenvalue weighted by Crippen LogP contribution is -2.33. The number of hydrogen-bond acceptors (Lipinski definition) is 7. The number of carbonyl (C=O) groups is 3. The zero-order chi connectivity index (χ0) is 29.5. The second-order valence-electron chi connectivity index (χ2n) is 9.85. The zero-order valence-corrected chi connectivity index (χ0v) is 25.3. The van der Waals surface area contributed by atoms with Gasteiger partial charge in [-0.25, -0.2) is 4.79 Å². The summed E-state index contributed by atoms with van der Waals surface area (Å²) in [5.74, 6) is -0.0608. The van der Waals surface area contributed by atoms with Gasteiger partial charge in [-0.15, -0.1) is 11.3 Å². The molecule has 3 unspecified atom stereocenters. The molecule has 0 saturated heterocycles. The Kier molecular flexibility index (Phi) is 10.5. The molecule has 11 heteroatoms. The van der Waals surface area contributed by atoms with Crippen LogP contribution in [0.4, 0.5) is 5.00 Å². The minimum atomic E-state index is -0.881. The standard InChI is InChI=1S/C30H32Cl2N2O6S/c1-17-12-13-20-25(16-17)41-29(34-27(35)18(2)39-23-10-6-4-8-21(23)31)26(20)28(36)33-14-15-38-30(37)19(3)40-24-11-7-5-9-22(24)32/h4-11,17-19H,12-16H2,1-3H3,(H,33,36)(H,34,35). The zero-order valence-electron chi connectivity index (χ0n) is 23.0. The molecule has 0 bridgehead atoms. The van der Waals surface area contributed by atoms with Crippen molar-refractivity contribution in [3.05, 3.63) is 74.6 Å². The van der Waals surface area contributed by atoms with Crippen molar-refractivity contribution in [2.24, 2.45) is 5.92 Å². The molecule has 41 heavy (non-hydrogen) atoms. The van der Waals surface area contributed by atoms with Crippen molar-refractivity contribution >= 4 is 57.3 Å². The van der Waals surface area contributed by atoms with Gasteiger partial charge in [0.2, 0.25) is 0 Å². The molecule has 0 aliphatic heterocycles. The molecule has 2 amide bonds. The maximum absolute atomic E-state index is 13.3. The number of hydrogen-bond donors (Lipinski definition) is 2. The van der Waals surface area contributed by atoms with E-state index < -0.39 is 24.1 Å². The van der Waals surface area contributed by atoms with Gasteiger partial charge in [0, 0.05) is 4.88 Å². The topological polar surface area (TPSA) is 103 Å². The van der Waals surface area contributed by atoms with Crippen LogP contribution in [0.2, 0.25) is 10.0 Å². The first-order chi connectivity index (χ1) is 19.6. The highest BCUT2D eigenvalue weighted by Gasteiger charge is 2.29. The average Bonchev–Trinajstić information content (AvgIpc) is 3.29. The summed E-state index contributed by atoms with van der Waals surface area (Å²) >= 11 is 13.7. The van der Waals surface area contributed by atoms with Crippen molar-refractivity contribution in [3.8, 4) is 11.5 Å². The molecular weight excluding hydrogens is 587 g/mol. The van der Waals surface area contributed by atoms with Gasteiger partial charge in [0.1, 0.15) is 23.1 Å². The predicted octanol–water partition coefficient (Wildman–Crippen LogP) is 6.33. The van der Waals surface area contributed by atoms with Crippen LogP contribution in [0.5, 0.6) is 11.5 Å². The molecule has 8 nitrogen and oxygen atoms in total. The number of amides is 2. The van der Waals surface area contributed by atoms with Gasteiger partial charge in [-0.05, 0) is 68.9 Å². The van der Waals surface area contributed by atoms with Crippen LogP contribution in [0.3, 0.4) is 0 Å². The first-order valence-electron chi connectivity index (χ1n) is 13.4. The summed E-state index contributed by atoms with van der Waals surface area (Å²) in [6.45, 7) is 5.40. The van der Waals surface area contributed by atoms with Crippen molar-refractivity contribution in [2.75, 3.05) is 18.5 Å². The number of halogens is 2. The fraction of sp³-hybridized carbons (Fsp3) is 0.367. The highest BCUT2D eigenvalue weighted by atomic mass is 35.5. The van der Waals surface area contributed by atoms with Crippen LogP contribution < -0.4 is 20.1 Å². The maximum atomic E-state index is 13.3. The Morgan fingerprint density at radius 1 is 0.976 bits per heavy atom. The Balaban J connectivity index is 1.37. The van der Waals surface area contributed by atoms with E-state index in [4.69, 9.17) is 37.4 Å². The van der Waals surface area contributed by atoms with E-state index in [1.165, 1.54) is 11.3 Å². The Bertz CT molecular complexity index is 1410. The Hall–Kier alpha value is -3.27. The Labute approximate surface area is 253 Å². The number of anilines is 1. The molecule has 0 radical (unpaired) electrons. The molecule has 3 atom stereocenters. The van der Waals surface area contributed by atoms with Crippen LogP contribution in [0.1, 0.15) is 48.0 Å². The lowest BCUT2D eigenvalue weighted by atomic mass is 9.88. The number of nitrogens with one attached hydrogen (secondary N) is 2. The molecule has 218 valence electrons. The predicted molar refractivity (Wildman–Crippen MR) is 161 cm³/mol. The van der Waals surface area contributed by atoms with Crippen molar-refractivity contribution in [1.29, 1.82) is 0 Å². The molecule has 1 heterocycles. The monoisotopic (exact) mass is 618 g/mol. The van der Waals surface area contributed by atoms with E-state index in [1.54, 1.807) is 62.4 Å². The summed E-state index contributed by atoms with van der Waals surface area (Å²) in [7, 11) is 0. The number of fused-ring (bicyclic) bond motifs is 1. The van der Waals surface area contributed by atoms with E-state index in [-0.39, 0.29) is 19.1 Å². The van der Waals surface area contributed by atoms with Gasteiger partial charge in [0.15, 0.2) is 12.2 Å². The normalized spacial score (nSPS) is 15.7. The first kappa shape index (κ1) is 30.7. The van der Waals surface area contributed by atoms with Crippen molar-refractivity contribution in [1.82, 2.24) is 5.32 Å². The first-order valence-corrected chi connectivity index (χ1v) is 14.9. The molecule has 1 aliphatic carbocycles. The third-order valence-corrected chi connectivity index (χ3v) is 8.38. The Morgan fingerprint density at radius 3 is 2.22 bits per heavy atom. The van der Waals surface area contributed by atoms with Crippen molar-refractivity contribution in [3.63, 3.8) is 0 Å². The molecule has 2 N–H and O–H groups in total. The lowest BCUT2D eigenvalue weighted by Gasteiger charge is -2.19. The van der Waals surface area contributed by atoms with Gasteiger partial charge < -0.3 is 24.8 Å². The van der Waals surface area contributed by atoms with E-state index in [9.17, 15) is 14.4 Å². The number of rotatable bonds is 11. The second-order valence-corrected chi connectivity index (χ2v) is 11.8. The highest BCUT2D eigenvalue weighted by molar-refractivity contribution is 7.17. The van der Waals surface area contributed by atoms with E-state index in [0.717, 1.165) is 29.7 Å². The Morgan fingerprint density at radius 2 is 1.59 bits per heavy atom.